The van der Waals surface area contributed by atoms with Gasteiger partial charge >= 0.3 is 0 Å². The second-order valence-electron chi connectivity index (χ2n) is 7.35. The summed E-state index contributed by atoms with van der Waals surface area (Å²) >= 11 is 1.21. The van der Waals surface area contributed by atoms with Gasteiger partial charge in [-0.15, -0.1) is 10.2 Å². The largest absolute Gasteiger partial charge is 0.497 e. The first-order chi connectivity index (χ1) is 16.4. The van der Waals surface area contributed by atoms with Crippen molar-refractivity contribution in [2.45, 2.75) is 11.8 Å². The molecule has 0 atom stereocenters. The first-order valence-electron chi connectivity index (χ1n) is 10.3. The number of aromatic nitrogens is 2. The molecule has 0 fully saturated rings. The maximum atomic E-state index is 13.5. The number of carbonyl (C=O) groups is 1. The maximum absolute atomic E-state index is 13.5. The Morgan fingerprint density at radius 3 is 2.29 bits per heavy atom. The van der Waals surface area contributed by atoms with Crippen molar-refractivity contribution in [3.05, 3.63) is 84.4 Å². The van der Waals surface area contributed by atoms with Crippen LogP contribution in [0.4, 0.5) is 10.8 Å². The molecule has 4 rings (SSSR count). The van der Waals surface area contributed by atoms with Crippen molar-refractivity contribution in [3.63, 3.8) is 0 Å². The molecule has 0 bridgehead atoms. The van der Waals surface area contributed by atoms with Crippen LogP contribution in [0.3, 0.4) is 0 Å². The summed E-state index contributed by atoms with van der Waals surface area (Å²) in [7, 11) is -2.53. The summed E-state index contributed by atoms with van der Waals surface area (Å²) in [6.07, 6.45) is 0. The molecule has 0 aliphatic heterocycles. The van der Waals surface area contributed by atoms with E-state index < -0.39 is 22.5 Å². The molecule has 0 aliphatic rings. The van der Waals surface area contributed by atoms with Gasteiger partial charge in [0.1, 0.15) is 17.3 Å². The number of hydrogen-bond donors (Lipinski definition) is 1. The number of amides is 1. The molecule has 1 amide bonds. The number of nitrogens with one attached hydrogen (secondary N) is 1. The number of aryl methyl sites for hydroxylation is 1. The highest BCUT2D eigenvalue weighted by Gasteiger charge is 2.27. The molecule has 1 aromatic heterocycles. The number of carbonyl (C=O) groups excluding carboxylic acids is 1. The minimum Gasteiger partial charge on any atom is -0.497 e. The molecule has 0 radical (unpaired) electrons. The SMILES string of the molecule is COc1ccc(S(=O)(=O)N(CC(=O)Nc2nnc(-c3ccccc3)s2)c2ccc(C)cc2)cc1. The Kier molecular flexibility index (Phi) is 6.90. The van der Waals surface area contributed by atoms with Crippen LogP contribution in [0.25, 0.3) is 10.6 Å². The van der Waals surface area contributed by atoms with Crippen molar-refractivity contribution in [2.75, 3.05) is 23.3 Å². The number of anilines is 2. The predicted molar refractivity (Wildman–Crippen MR) is 133 cm³/mol. The van der Waals surface area contributed by atoms with E-state index in [0.29, 0.717) is 16.4 Å². The fourth-order valence-corrected chi connectivity index (χ4v) is 5.35. The highest BCUT2D eigenvalue weighted by Crippen LogP contribution is 2.28. The summed E-state index contributed by atoms with van der Waals surface area (Å²) < 4.78 is 33.1. The molecule has 0 spiro atoms. The molecular weight excluding hydrogens is 472 g/mol. The van der Waals surface area contributed by atoms with Gasteiger partial charge in [-0.3, -0.25) is 14.4 Å². The van der Waals surface area contributed by atoms with Gasteiger partial charge in [-0.1, -0.05) is 59.4 Å². The molecule has 8 nitrogen and oxygen atoms in total. The average Bonchev–Trinajstić information content (AvgIpc) is 3.32. The molecule has 0 unspecified atom stereocenters. The molecule has 3 aromatic carbocycles. The molecule has 0 aliphatic carbocycles. The molecular formula is C24H22N4O4S2. The van der Waals surface area contributed by atoms with Gasteiger partial charge in [-0.25, -0.2) is 8.42 Å². The van der Waals surface area contributed by atoms with Gasteiger partial charge in [0.15, 0.2) is 0 Å². The third-order valence-electron chi connectivity index (χ3n) is 4.95. The van der Waals surface area contributed by atoms with E-state index in [1.165, 1.54) is 30.6 Å². The standard InChI is InChI=1S/C24H22N4O4S2/c1-17-8-10-19(11-9-17)28(34(30,31)21-14-12-20(32-2)13-15-21)16-22(29)25-24-27-26-23(33-24)18-6-4-3-5-7-18/h3-15H,16H2,1-2H3,(H,25,27,29). The van der Waals surface area contributed by atoms with Crippen LogP contribution in [-0.2, 0) is 14.8 Å². The monoisotopic (exact) mass is 494 g/mol. The van der Waals surface area contributed by atoms with Crippen molar-refractivity contribution >= 4 is 38.1 Å². The Bertz CT molecular complexity index is 1370. The van der Waals surface area contributed by atoms with Gasteiger partial charge in [0.2, 0.25) is 11.0 Å². The van der Waals surface area contributed by atoms with Crippen LogP contribution in [0.2, 0.25) is 0 Å². The molecule has 34 heavy (non-hydrogen) atoms. The van der Waals surface area contributed by atoms with Crippen LogP contribution < -0.4 is 14.4 Å². The summed E-state index contributed by atoms with van der Waals surface area (Å²) in [6.45, 7) is 1.47. The van der Waals surface area contributed by atoms with E-state index >= 15 is 0 Å². The Balaban J connectivity index is 1.59. The minimum absolute atomic E-state index is 0.0453. The van der Waals surface area contributed by atoms with E-state index in [1.807, 2.05) is 37.3 Å². The second kappa shape index (κ2) is 10.0. The Labute approximate surface area is 201 Å². The van der Waals surface area contributed by atoms with Gasteiger partial charge in [0.05, 0.1) is 17.7 Å². The maximum Gasteiger partial charge on any atom is 0.264 e. The van der Waals surface area contributed by atoms with E-state index in [4.69, 9.17) is 4.74 Å². The van der Waals surface area contributed by atoms with Gasteiger partial charge in [-0.2, -0.15) is 0 Å². The number of hydrogen-bond acceptors (Lipinski definition) is 7. The van der Waals surface area contributed by atoms with Gasteiger partial charge in [0, 0.05) is 5.56 Å². The Hall–Kier alpha value is -3.76. The summed E-state index contributed by atoms with van der Waals surface area (Å²) in [6, 6.07) is 22.4. The van der Waals surface area contributed by atoms with E-state index in [0.717, 1.165) is 15.4 Å². The minimum atomic E-state index is -4.03. The summed E-state index contributed by atoms with van der Waals surface area (Å²) in [5.74, 6) is -0.00232. The number of benzene rings is 3. The molecule has 174 valence electrons. The molecule has 1 N–H and O–H groups in total. The summed E-state index contributed by atoms with van der Waals surface area (Å²) in [5, 5.41) is 11.7. The van der Waals surface area contributed by atoms with Gasteiger partial charge in [-0.05, 0) is 43.3 Å². The zero-order valence-electron chi connectivity index (χ0n) is 18.5. The quantitative estimate of drug-likeness (QED) is 0.391. The molecule has 1 heterocycles. The van der Waals surface area contributed by atoms with E-state index in [1.54, 1.807) is 36.4 Å². The number of sulfonamides is 1. The fourth-order valence-electron chi connectivity index (χ4n) is 3.16. The van der Waals surface area contributed by atoms with Crippen molar-refractivity contribution in [2.24, 2.45) is 0 Å². The lowest BCUT2D eigenvalue weighted by Crippen LogP contribution is -2.38. The smallest absolute Gasteiger partial charge is 0.264 e. The van der Waals surface area contributed by atoms with Crippen LogP contribution in [0, 0.1) is 6.92 Å². The topological polar surface area (TPSA) is 101 Å². The zero-order chi connectivity index (χ0) is 24.1. The third kappa shape index (κ3) is 5.24. The van der Waals surface area contributed by atoms with Crippen LogP contribution in [-0.4, -0.2) is 38.2 Å². The Morgan fingerprint density at radius 1 is 0.971 bits per heavy atom. The van der Waals surface area contributed by atoms with Crippen molar-refractivity contribution < 1.29 is 17.9 Å². The lowest BCUT2D eigenvalue weighted by atomic mass is 10.2. The average molecular weight is 495 g/mol. The van der Waals surface area contributed by atoms with Crippen molar-refractivity contribution in [1.29, 1.82) is 0 Å². The van der Waals surface area contributed by atoms with Crippen LogP contribution >= 0.6 is 11.3 Å². The highest BCUT2D eigenvalue weighted by molar-refractivity contribution is 7.92. The van der Waals surface area contributed by atoms with Gasteiger partial charge in [0.25, 0.3) is 10.0 Å². The lowest BCUT2D eigenvalue weighted by molar-refractivity contribution is -0.114. The van der Waals surface area contributed by atoms with Crippen molar-refractivity contribution in [1.82, 2.24) is 10.2 Å². The highest BCUT2D eigenvalue weighted by atomic mass is 32.2. The lowest BCUT2D eigenvalue weighted by Gasteiger charge is -2.24. The molecule has 10 heteroatoms. The van der Waals surface area contributed by atoms with E-state index in [9.17, 15) is 13.2 Å². The number of methoxy groups -OCH3 is 1. The van der Waals surface area contributed by atoms with Crippen LogP contribution in [0.1, 0.15) is 5.56 Å². The number of rotatable bonds is 8. The van der Waals surface area contributed by atoms with Gasteiger partial charge < -0.3 is 4.74 Å². The van der Waals surface area contributed by atoms with E-state index in [2.05, 4.69) is 15.5 Å². The zero-order valence-corrected chi connectivity index (χ0v) is 20.1. The summed E-state index contributed by atoms with van der Waals surface area (Å²) in [4.78, 5) is 12.9. The van der Waals surface area contributed by atoms with E-state index in [-0.39, 0.29) is 10.0 Å². The fraction of sp³-hybridized carbons (Fsp3) is 0.125. The normalized spacial score (nSPS) is 11.1. The van der Waals surface area contributed by atoms with Crippen LogP contribution in [0.5, 0.6) is 5.75 Å². The van der Waals surface area contributed by atoms with Crippen LogP contribution in [0.15, 0.2) is 83.8 Å². The third-order valence-corrected chi connectivity index (χ3v) is 7.62. The summed E-state index contributed by atoms with van der Waals surface area (Å²) in [5.41, 5.74) is 2.22. The molecule has 4 aromatic rings. The number of ether oxygens (including phenoxy) is 1. The molecule has 0 saturated carbocycles. The Morgan fingerprint density at radius 2 is 1.65 bits per heavy atom. The van der Waals surface area contributed by atoms with Crippen molar-refractivity contribution in [3.8, 4) is 16.3 Å². The first-order valence-corrected chi connectivity index (χ1v) is 12.5. The first kappa shape index (κ1) is 23.4. The second-order valence-corrected chi connectivity index (χ2v) is 10.2. The number of nitrogens with zero attached hydrogens (tertiary/aromatic N) is 3. The predicted octanol–water partition coefficient (Wildman–Crippen LogP) is 4.36. The molecule has 0 saturated heterocycles.